The van der Waals surface area contributed by atoms with Crippen molar-refractivity contribution in [1.29, 1.82) is 0 Å². The van der Waals surface area contributed by atoms with Crippen LogP contribution in [0.3, 0.4) is 0 Å². The third-order valence-corrected chi connectivity index (χ3v) is 15.0. The van der Waals surface area contributed by atoms with Crippen molar-refractivity contribution in [3.63, 3.8) is 0 Å². The van der Waals surface area contributed by atoms with Gasteiger partial charge in [-0.1, -0.05) is 75.4 Å². The van der Waals surface area contributed by atoms with E-state index < -0.39 is 30.0 Å². The van der Waals surface area contributed by atoms with Gasteiger partial charge in [-0.25, -0.2) is 51.5 Å². The Bertz CT molecular complexity index is 3200. The number of ether oxygens (including phenoxy) is 1. The summed E-state index contributed by atoms with van der Waals surface area (Å²) in [6.45, 7) is 9.47. The third-order valence-electron chi connectivity index (χ3n) is 10.7. The van der Waals surface area contributed by atoms with Gasteiger partial charge in [-0.2, -0.15) is 8.42 Å². The van der Waals surface area contributed by atoms with Gasteiger partial charge in [-0.05, 0) is 59.5 Å². The number of aromatic nitrogens is 6. The summed E-state index contributed by atoms with van der Waals surface area (Å²) in [5.41, 5.74) is 5.70. The van der Waals surface area contributed by atoms with Crippen molar-refractivity contribution in [3.8, 4) is 22.5 Å². The summed E-state index contributed by atoms with van der Waals surface area (Å²) in [5, 5.41) is 0. The molecule has 17 nitrogen and oxygen atoms in total. The Morgan fingerprint density at radius 2 is 1.20 bits per heavy atom. The average molecular weight is 954 g/mol. The monoisotopic (exact) mass is 953 g/mol. The van der Waals surface area contributed by atoms with Crippen LogP contribution >= 0.6 is 0 Å². The Balaban J connectivity index is 0.000000197. The van der Waals surface area contributed by atoms with Crippen molar-refractivity contribution in [2.75, 3.05) is 67.3 Å². The van der Waals surface area contributed by atoms with E-state index in [2.05, 4.69) is 29.6 Å². The van der Waals surface area contributed by atoms with E-state index in [1.54, 1.807) is 48.5 Å². The second-order valence-electron chi connectivity index (χ2n) is 16.9. The largest absolute Gasteiger partial charge is 0.378 e. The molecule has 20 heteroatoms. The summed E-state index contributed by atoms with van der Waals surface area (Å²) >= 11 is 0. The number of hydrogen-bond donors (Lipinski definition) is 1. The Morgan fingerprint density at radius 3 is 1.76 bits per heavy atom. The molecular weight excluding hydrogens is 903 g/mol. The Labute approximate surface area is 385 Å². The van der Waals surface area contributed by atoms with Crippen molar-refractivity contribution >= 4 is 63.7 Å². The van der Waals surface area contributed by atoms with Gasteiger partial charge in [0.05, 0.1) is 63.5 Å². The van der Waals surface area contributed by atoms with E-state index in [1.165, 1.54) is 18.7 Å². The average Bonchev–Trinajstić information content (AvgIpc) is 3.33. The molecule has 0 amide bonds. The highest BCUT2D eigenvalue weighted by atomic mass is 32.2. The molecule has 66 heavy (non-hydrogen) atoms. The SMILES string of the molecule is CC(C)(C)COS(=O)(=O)c1cccc(-c2ccc3ncnc(N4CCOCC4)c3n2)c1.O=S1(=O)CCN(c2ncnc3ccc(-c4cccc(S(=O)(=O)NCc5ccccc5)c4)nc23)CC1.[HH]. The van der Waals surface area contributed by atoms with Crippen LogP contribution in [0.1, 0.15) is 27.8 Å². The highest BCUT2D eigenvalue weighted by Crippen LogP contribution is 2.30. The van der Waals surface area contributed by atoms with E-state index in [-0.39, 0.29) is 41.3 Å². The molecule has 6 heterocycles. The van der Waals surface area contributed by atoms with E-state index in [1.807, 2.05) is 74.2 Å². The van der Waals surface area contributed by atoms with Crippen molar-refractivity contribution < 1.29 is 35.6 Å². The lowest BCUT2D eigenvalue weighted by Gasteiger charge is -2.28. The zero-order chi connectivity index (χ0) is 46.5. The normalized spacial score (nSPS) is 15.6. The smallest absolute Gasteiger partial charge is 0.297 e. The second-order valence-corrected chi connectivity index (χ2v) is 22.6. The van der Waals surface area contributed by atoms with Gasteiger partial charge in [-0.15, -0.1) is 0 Å². The molecule has 3 aromatic carbocycles. The van der Waals surface area contributed by atoms with Crippen LogP contribution < -0.4 is 14.5 Å². The first kappa shape index (κ1) is 46.5. The molecule has 1 N–H and O–H groups in total. The summed E-state index contributed by atoms with van der Waals surface area (Å²) in [6.07, 6.45) is 2.97. The van der Waals surface area contributed by atoms with E-state index in [0.717, 1.165) is 30.0 Å². The maximum absolute atomic E-state index is 12.9. The summed E-state index contributed by atoms with van der Waals surface area (Å²) < 4.78 is 88.1. The van der Waals surface area contributed by atoms with Crippen molar-refractivity contribution in [1.82, 2.24) is 34.6 Å². The minimum atomic E-state index is -3.87. The first-order valence-corrected chi connectivity index (χ1v) is 25.9. The Hall–Kier alpha value is -6.03. The molecule has 0 aliphatic carbocycles. The molecular formula is C46H51N9O8S3. The van der Waals surface area contributed by atoms with Crippen LogP contribution in [-0.2, 0) is 45.4 Å². The summed E-state index contributed by atoms with van der Waals surface area (Å²) in [6, 6.07) is 29.8. The molecule has 2 fully saturated rings. The second kappa shape index (κ2) is 19.4. The third kappa shape index (κ3) is 11.3. The van der Waals surface area contributed by atoms with Crippen LogP contribution in [0.4, 0.5) is 11.6 Å². The number of anilines is 2. The van der Waals surface area contributed by atoms with Crippen LogP contribution in [0.2, 0.25) is 0 Å². The van der Waals surface area contributed by atoms with E-state index >= 15 is 0 Å². The van der Waals surface area contributed by atoms with Crippen LogP contribution in [0, 0.1) is 5.41 Å². The molecule has 4 aromatic heterocycles. The molecule has 2 aliphatic rings. The zero-order valence-corrected chi connectivity index (χ0v) is 39.1. The van der Waals surface area contributed by atoms with Crippen LogP contribution in [-0.4, -0.2) is 113 Å². The molecule has 2 saturated heterocycles. The molecule has 0 atom stereocenters. The molecule has 0 bridgehead atoms. The van der Waals surface area contributed by atoms with Crippen molar-refractivity contribution in [2.45, 2.75) is 37.1 Å². The van der Waals surface area contributed by atoms with Crippen molar-refractivity contribution in [2.24, 2.45) is 5.41 Å². The van der Waals surface area contributed by atoms with Gasteiger partial charge >= 0.3 is 0 Å². The number of nitrogens with one attached hydrogen (secondary N) is 1. The Kier molecular flexibility index (Phi) is 13.7. The molecule has 0 saturated carbocycles. The number of morpholine rings is 1. The fourth-order valence-electron chi connectivity index (χ4n) is 7.15. The highest BCUT2D eigenvalue weighted by Gasteiger charge is 2.26. The quantitative estimate of drug-likeness (QED) is 0.149. The van der Waals surface area contributed by atoms with E-state index in [4.69, 9.17) is 18.9 Å². The molecule has 0 unspecified atom stereocenters. The zero-order valence-electron chi connectivity index (χ0n) is 36.6. The number of benzene rings is 3. The summed E-state index contributed by atoms with van der Waals surface area (Å²) in [5.74, 6) is 1.45. The van der Waals surface area contributed by atoms with Crippen LogP contribution in [0.25, 0.3) is 44.6 Å². The lowest BCUT2D eigenvalue weighted by atomic mass is 9.99. The molecule has 346 valence electrons. The predicted molar refractivity (Wildman–Crippen MR) is 255 cm³/mol. The summed E-state index contributed by atoms with van der Waals surface area (Å²) in [4.78, 5) is 31.2. The van der Waals surface area contributed by atoms with Gasteiger partial charge in [0.1, 0.15) is 23.7 Å². The lowest BCUT2D eigenvalue weighted by Crippen LogP contribution is -2.40. The maximum Gasteiger partial charge on any atom is 0.297 e. The van der Waals surface area contributed by atoms with E-state index in [9.17, 15) is 25.3 Å². The number of nitrogens with zero attached hydrogens (tertiary/aromatic N) is 8. The molecule has 0 spiro atoms. The number of fused-ring (bicyclic) bond motifs is 2. The number of sulfonamides is 1. The first-order valence-electron chi connectivity index (χ1n) is 21.2. The van der Waals surface area contributed by atoms with Crippen molar-refractivity contribution in [3.05, 3.63) is 121 Å². The first-order chi connectivity index (χ1) is 31.5. The van der Waals surface area contributed by atoms with Crippen LogP contribution in [0.15, 0.2) is 126 Å². The minimum Gasteiger partial charge on any atom is -0.378 e. The standard InChI is InChI=1S/C24H23N5O4S2.C22H26N4O4S.H2/c30-34(31)13-11-29(12-14-34)24-23-22(25-17-26-24)10-9-21(28-23)19-7-4-8-20(15-19)35(32,33)27-16-18-5-2-1-3-6-18;1-22(2,3)14-30-31(27,28)17-6-4-5-16(13-17)18-7-8-19-20(25-18)21(24-15-23-19)26-9-11-29-12-10-26;/h1-10,15,17,27H,11-14,16H2;4-8,13,15H,9-12,14H2,1-3H3;1H. The Morgan fingerprint density at radius 1 is 0.667 bits per heavy atom. The van der Waals surface area contributed by atoms with Gasteiger partial charge in [0.25, 0.3) is 10.1 Å². The molecule has 9 rings (SSSR count). The highest BCUT2D eigenvalue weighted by molar-refractivity contribution is 7.91. The number of hydrogen-bond acceptors (Lipinski definition) is 16. The minimum absolute atomic E-state index is 0. The molecule has 0 radical (unpaired) electrons. The topological polar surface area (TPSA) is 217 Å². The fourth-order valence-corrected chi connectivity index (χ4v) is 10.6. The van der Waals surface area contributed by atoms with Crippen LogP contribution in [0.5, 0.6) is 0 Å². The van der Waals surface area contributed by atoms with Gasteiger partial charge in [0.15, 0.2) is 21.5 Å². The van der Waals surface area contributed by atoms with E-state index in [0.29, 0.717) is 71.2 Å². The molecule has 2 aliphatic heterocycles. The number of rotatable bonds is 11. The maximum atomic E-state index is 12.9. The predicted octanol–water partition coefficient (Wildman–Crippen LogP) is 5.93. The van der Waals surface area contributed by atoms with Gasteiger partial charge in [-0.3, -0.25) is 4.18 Å². The summed E-state index contributed by atoms with van der Waals surface area (Å²) in [7, 11) is -10.6. The van der Waals surface area contributed by atoms with Gasteiger partial charge in [0.2, 0.25) is 10.0 Å². The van der Waals surface area contributed by atoms with Gasteiger partial charge < -0.3 is 14.5 Å². The lowest BCUT2D eigenvalue weighted by molar-refractivity contribution is 0.122. The molecule has 7 aromatic rings. The van der Waals surface area contributed by atoms with Gasteiger partial charge in [0, 0.05) is 45.3 Å². The number of pyridine rings is 2. The fraction of sp³-hybridized carbons (Fsp3) is 0.304. The number of sulfone groups is 1.